The van der Waals surface area contributed by atoms with Crippen LogP contribution >= 0.6 is 23.2 Å². The van der Waals surface area contributed by atoms with Gasteiger partial charge in [-0.25, -0.2) is 0 Å². The predicted molar refractivity (Wildman–Crippen MR) is 136 cm³/mol. The van der Waals surface area contributed by atoms with Crippen LogP contribution in [0.4, 0.5) is 0 Å². The van der Waals surface area contributed by atoms with E-state index in [4.69, 9.17) is 23.2 Å². The molecule has 1 fully saturated rings. The van der Waals surface area contributed by atoms with E-state index in [0.29, 0.717) is 29.3 Å². The van der Waals surface area contributed by atoms with E-state index in [-0.39, 0.29) is 61.0 Å². The van der Waals surface area contributed by atoms with E-state index in [0.717, 1.165) is 12.0 Å². The maximum atomic E-state index is 13.5. The van der Waals surface area contributed by atoms with E-state index < -0.39 is 6.04 Å². The molecule has 0 radical (unpaired) electrons. The molecule has 0 bridgehead atoms. The smallest absolute Gasteiger partial charge is 0.243 e. The summed E-state index contributed by atoms with van der Waals surface area (Å²) in [5.41, 5.74) is 0.730. The average Bonchev–Trinajstić information content (AvgIpc) is 3.09. The zero-order valence-electron chi connectivity index (χ0n) is 20.4. The molecule has 1 aliphatic carbocycles. The Kier molecular flexibility index (Phi) is 9.36. The largest absolute Gasteiger partial charge is 0.352 e. The molecule has 190 valence electrons. The number of carbonyl (C=O) groups excluding carboxylic acids is 4. The Labute approximate surface area is 216 Å². The molecule has 7 nitrogen and oxygen atoms in total. The van der Waals surface area contributed by atoms with Gasteiger partial charge in [0.25, 0.3) is 0 Å². The standard InChI is InChI=1S/C26H33Cl2N3O4/c1-4-16(3)29-24(33)22(5-2)31(15-17-10-11-20(27)21(28)14-17)23(32)12-13-30-25(34)18-8-6-7-9-19(18)26(30)35/h6-7,10-11,14,16,18-19,22H,4-5,8-9,12-13,15H2,1-3H3,(H,29,33)/t16-,18-,19+,22-/m1/s1. The van der Waals surface area contributed by atoms with Gasteiger partial charge in [0.15, 0.2) is 0 Å². The third-order valence-electron chi connectivity index (χ3n) is 6.87. The van der Waals surface area contributed by atoms with Gasteiger partial charge >= 0.3 is 0 Å². The average molecular weight is 522 g/mol. The highest BCUT2D eigenvalue weighted by Crippen LogP contribution is 2.35. The molecule has 1 heterocycles. The molecule has 4 amide bonds. The van der Waals surface area contributed by atoms with Crippen molar-refractivity contribution in [3.8, 4) is 0 Å². The lowest BCUT2D eigenvalue weighted by Crippen LogP contribution is -2.51. The summed E-state index contributed by atoms with van der Waals surface area (Å²) >= 11 is 12.2. The zero-order valence-corrected chi connectivity index (χ0v) is 21.9. The van der Waals surface area contributed by atoms with Gasteiger partial charge in [-0.1, -0.05) is 55.3 Å². The Balaban J connectivity index is 1.78. The molecule has 0 aromatic heterocycles. The summed E-state index contributed by atoms with van der Waals surface area (Å²) in [5, 5.41) is 3.72. The van der Waals surface area contributed by atoms with Crippen molar-refractivity contribution in [1.29, 1.82) is 0 Å². The van der Waals surface area contributed by atoms with Crippen LogP contribution in [0.1, 0.15) is 58.4 Å². The summed E-state index contributed by atoms with van der Waals surface area (Å²) in [7, 11) is 0. The van der Waals surface area contributed by atoms with Crippen molar-refractivity contribution < 1.29 is 19.2 Å². The van der Waals surface area contributed by atoms with Crippen LogP contribution in [0.25, 0.3) is 0 Å². The number of carbonyl (C=O) groups is 4. The van der Waals surface area contributed by atoms with Crippen LogP contribution in [0.5, 0.6) is 0 Å². The summed E-state index contributed by atoms with van der Waals surface area (Å²) in [6.45, 7) is 5.89. The number of hydrogen-bond acceptors (Lipinski definition) is 4. The van der Waals surface area contributed by atoms with Crippen molar-refractivity contribution in [1.82, 2.24) is 15.1 Å². The van der Waals surface area contributed by atoms with E-state index >= 15 is 0 Å². The second-order valence-electron chi connectivity index (χ2n) is 9.25. The number of allylic oxidation sites excluding steroid dienone is 2. The lowest BCUT2D eigenvalue weighted by molar-refractivity contribution is -0.144. The molecule has 1 aromatic rings. The normalized spacial score (nSPS) is 21.0. The van der Waals surface area contributed by atoms with Gasteiger partial charge in [-0.05, 0) is 50.3 Å². The highest BCUT2D eigenvalue weighted by molar-refractivity contribution is 6.42. The third kappa shape index (κ3) is 6.25. The fourth-order valence-electron chi connectivity index (χ4n) is 4.64. The van der Waals surface area contributed by atoms with E-state index in [2.05, 4.69) is 5.32 Å². The zero-order chi connectivity index (χ0) is 25.7. The third-order valence-corrected chi connectivity index (χ3v) is 7.61. The Hall–Kier alpha value is -2.38. The van der Waals surface area contributed by atoms with Gasteiger partial charge in [0, 0.05) is 25.6 Å². The first-order valence-corrected chi connectivity index (χ1v) is 13.0. The van der Waals surface area contributed by atoms with Gasteiger partial charge in [-0.2, -0.15) is 0 Å². The van der Waals surface area contributed by atoms with Gasteiger partial charge in [0.2, 0.25) is 23.6 Å². The molecule has 3 rings (SSSR count). The van der Waals surface area contributed by atoms with E-state index in [9.17, 15) is 19.2 Å². The second-order valence-corrected chi connectivity index (χ2v) is 10.1. The van der Waals surface area contributed by atoms with Crippen molar-refractivity contribution in [2.45, 2.75) is 71.5 Å². The van der Waals surface area contributed by atoms with E-state index in [1.807, 2.05) is 32.9 Å². The van der Waals surface area contributed by atoms with Gasteiger partial charge in [-0.15, -0.1) is 0 Å². The first-order valence-electron chi connectivity index (χ1n) is 12.2. The molecule has 0 unspecified atom stereocenters. The van der Waals surface area contributed by atoms with Crippen LogP contribution in [-0.2, 0) is 25.7 Å². The number of rotatable bonds is 10. The number of halogens is 2. The van der Waals surface area contributed by atoms with E-state index in [1.165, 1.54) is 9.80 Å². The summed E-state index contributed by atoms with van der Waals surface area (Å²) < 4.78 is 0. The van der Waals surface area contributed by atoms with Crippen LogP contribution < -0.4 is 5.32 Å². The maximum absolute atomic E-state index is 13.5. The summed E-state index contributed by atoms with van der Waals surface area (Å²) in [6.07, 6.45) is 6.09. The van der Waals surface area contributed by atoms with E-state index in [1.54, 1.807) is 18.2 Å². The molecule has 1 aliphatic heterocycles. The number of amides is 4. The van der Waals surface area contributed by atoms with Crippen LogP contribution in [-0.4, -0.2) is 52.1 Å². The van der Waals surface area contributed by atoms with Crippen LogP contribution in [0, 0.1) is 11.8 Å². The van der Waals surface area contributed by atoms with Gasteiger partial charge < -0.3 is 10.2 Å². The second kappa shape index (κ2) is 12.0. The summed E-state index contributed by atoms with van der Waals surface area (Å²) in [4.78, 5) is 54.9. The quantitative estimate of drug-likeness (QED) is 0.366. The summed E-state index contributed by atoms with van der Waals surface area (Å²) in [5.74, 6) is -1.64. The molecule has 1 aromatic carbocycles. The number of hydrogen-bond donors (Lipinski definition) is 1. The SMILES string of the molecule is CC[C@@H](C)NC(=O)[C@@H](CC)N(Cc1ccc(Cl)c(Cl)c1)C(=O)CCN1C(=O)[C@H]2CC=CC[C@H]2C1=O. The van der Waals surface area contributed by atoms with Crippen LogP contribution in [0.3, 0.4) is 0 Å². The van der Waals surface area contributed by atoms with Crippen molar-refractivity contribution in [3.05, 3.63) is 46.0 Å². The molecule has 0 spiro atoms. The number of nitrogens with zero attached hydrogens (tertiary/aromatic N) is 2. The lowest BCUT2D eigenvalue weighted by Gasteiger charge is -2.32. The Morgan fingerprint density at radius 3 is 2.23 bits per heavy atom. The van der Waals surface area contributed by atoms with Crippen LogP contribution in [0.2, 0.25) is 10.0 Å². The topological polar surface area (TPSA) is 86.8 Å². The molecular weight excluding hydrogens is 489 g/mol. The Morgan fingerprint density at radius 1 is 1.06 bits per heavy atom. The number of nitrogens with one attached hydrogen (secondary N) is 1. The van der Waals surface area contributed by atoms with Crippen molar-refractivity contribution >= 4 is 46.8 Å². The first kappa shape index (κ1) is 27.2. The fourth-order valence-corrected chi connectivity index (χ4v) is 4.96. The van der Waals surface area contributed by atoms with Crippen LogP contribution in [0.15, 0.2) is 30.4 Å². The maximum Gasteiger partial charge on any atom is 0.243 e. The monoisotopic (exact) mass is 521 g/mol. The molecule has 0 saturated carbocycles. The van der Waals surface area contributed by atoms with Crippen molar-refractivity contribution in [3.63, 3.8) is 0 Å². The minimum absolute atomic E-state index is 0.00475. The summed E-state index contributed by atoms with van der Waals surface area (Å²) in [6, 6.07) is 4.35. The minimum atomic E-state index is -0.706. The van der Waals surface area contributed by atoms with Gasteiger partial charge in [-0.3, -0.25) is 24.1 Å². The molecule has 4 atom stereocenters. The number of fused-ring (bicyclic) bond motifs is 1. The van der Waals surface area contributed by atoms with Crippen molar-refractivity contribution in [2.75, 3.05) is 6.54 Å². The Morgan fingerprint density at radius 2 is 1.69 bits per heavy atom. The molecule has 2 aliphatic rings. The van der Waals surface area contributed by atoms with Gasteiger partial charge in [0.1, 0.15) is 6.04 Å². The lowest BCUT2D eigenvalue weighted by atomic mass is 9.85. The molecular formula is C26H33Cl2N3O4. The fraction of sp³-hybridized carbons (Fsp3) is 0.538. The number of likely N-dealkylation sites (tertiary alicyclic amines) is 1. The highest BCUT2D eigenvalue weighted by Gasteiger charge is 2.47. The molecule has 9 heteroatoms. The number of imide groups is 1. The minimum Gasteiger partial charge on any atom is -0.352 e. The van der Waals surface area contributed by atoms with Crippen molar-refractivity contribution in [2.24, 2.45) is 11.8 Å². The molecule has 1 saturated heterocycles. The highest BCUT2D eigenvalue weighted by atomic mass is 35.5. The predicted octanol–water partition coefficient (Wildman–Crippen LogP) is 4.36. The first-order chi connectivity index (χ1) is 16.7. The molecule has 35 heavy (non-hydrogen) atoms. The number of benzene rings is 1. The van der Waals surface area contributed by atoms with Gasteiger partial charge in [0.05, 0.1) is 21.9 Å². The molecule has 1 N–H and O–H groups in total. The Bertz CT molecular complexity index is 986.